The zero-order valence-electron chi connectivity index (χ0n) is 9.99. The molecule has 1 rings (SSSR count). The summed E-state index contributed by atoms with van der Waals surface area (Å²) >= 11 is 0. The lowest BCUT2D eigenvalue weighted by Gasteiger charge is -2.29. The molecule has 2 heteroatoms. The van der Waals surface area contributed by atoms with E-state index in [1.807, 2.05) is 33.8 Å². The van der Waals surface area contributed by atoms with Crippen LogP contribution in [-0.4, -0.2) is 12.1 Å². The fraction of sp³-hybridized carbons (Fsp3) is 0.692. The molecule has 0 spiro atoms. The Morgan fingerprint density at radius 2 is 1.93 bits per heavy atom. The predicted molar refractivity (Wildman–Crippen MR) is 60.4 cm³/mol. The zero-order valence-corrected chi connectivity index (χ0v) is 9.99. The van der Waals surface area contributed by atoms with Crippen LogP contribution < -0.4 is 0 Å². The Balaban J connectivity index is 2.99. The maximum atomic E-state index is 12.1. The van der Waals surface area contributed by atoms with Crippen LogP contribution >= 0.6 is 0 Å². The lowest BCUT2D eigenvalue weighted by atomic mass is 9.74. The van der Waals surface area contributed by atoms with Gasteiger partial charge in [0.25, 0.3) is 0 Å². The van der Waals surface area contributed by atoms with Gasteiger partial charge in [0.15, 0.2) is 5.78 Å². The van der Waals surface area contributed by atoms with E-state index in [2.05, 4.69) is 0 Å². The van der Waals surface area contributed by atoms with Gasteiger partial charge in [-0.05, 0) is 23.8 Å². The molecule has 0 amide bonds. The molecule has 2 atom stereocenters. The average molecular weight is 208 g/mol. The van der Waals surface area contributed by atoms with E-state index in [1.165, 1.54) is 0 Å². The van der Waals surface area contributed by atoms with Crippen molar-refractivity contribution < 1.29 is 9.59 Å². The van der Waals surface area contributed by atoms with Crippen LogP contribution in [0.3, 0.4) is 0 Å². The van der Waals surface area contributed by atoms with E-state index in [1.54, 1.807) is 0 Å². The normalized spacial score (nSPS) is 27.1. The second kappa shape index (κ2) is 4.73. The Morgan fingerprint density at radius 3 is 2.33 bits per heavy atom. The highest BCUT2D eigenvalue weighted by Crippen LogP contribution is 2.32. The molecule has 0 fully saturated rings. The van der Waals surface area contributed by atoms with Gasteiger partial charge in [-0.25, -0.2) is 0 Å². The fourth-order valence-electron chi connectivity index (χ4n) is 2.14. The summed E-state index contributed by atoms with van der Waals surface area (Å²) in [5.41, 5.74) is 0.844. The molecule has 0 saturated carbocycles. The summed E-state index contributed by atoms with van der Waals surface area (Å²) in [5.74, 6) is 0.761. The summed E-state index contributed by atoms with van der Waals surface area (Å²) in [6.07, 6.45) is 3.51. The summed E-state index contributed by atoms with van der Waals surface area (Å²) in [5, 5.41) is 0. The summed E-state index contributed by atoms with van der Waals surface area (Å²) < 4.78 is 0. The van der Waals surface area contributed by atoms with Crippen LogP contribution in [0.1, 0.15) is 34.1 Å². The minimum Gasteiger partial charge on any atom is -0.303 e. The Morgan fingerprint density at radius 1 is 1.33 bits per heavy atom. The van der Waals surface area contributed by atoms with Crippen molar-refractivity contribution in [2.75, 3.05) is 0 Å². The van der Waals surface area contributed by atoms with E-state index in [9.17, 15) is 9.59 Å². The first kappa shape index (κ1) is 12.2. The van der Waals surface area contributed by atoms with Crippen LogP contribution in [0.4, 0.5) is 0 Å². The van der Waals surface area contributed by atoms with Crippen LogP contribution in [-0.2, 0) is 9.59 Å². The van der Waals surface area contributed by atoms with E-state index < -0.39 is 0 Å². The van der Waals surface area contributed by atoms with Gasteiger partial charge in [-0.15, -0.1) is 0 Å². The van der Waals surface area contributed by atoms with Crippen molar-refractivity contribution in [3.8, 4) is 0 Å². The molecule has 15 heavy (non-hydrogen) atoms. The summed E-state index contributed by atoms with van der Waals surface area (Å²) in [6, 6.07) is 0. The third-order valence-electron chi connectivity index (χ3n) is 3.14. The van der Waals surface area contributed by atoms with E-state index in [0.717, 1.165) is 11.9 Å². The van der Waals surface area contributed by atoms with Crippen molar-refractivity contribution in [1.82, 2.24) is 0 Å². The maximum absolute atomic E-state index is 12.1. The number of ketones is 1. The van der Waals surface area contributed by atoms with Crippen LogP contribution in [0.2, 0.25) is 0 Å². The molecule has 0 heterocycles. The molecule has 0 aromatic heterocycles. The minimum atomic E-state index is -0.0625. The van der Waals surface area contributed by atoms with Gasteiger partial charge in [-0.1, -0.05) is 33.8 Å². The molecule has 0 N–H and O–H groups in total. The molecular weight excluding hydrogens is 188 g/mol. The topological polar surface area (TPSA) is 34.1 Å². The van der Waals surface area contributed by atoms with Gasteiger partial charge in [0.1, 0.15) is 6.29 Å². The van der Waals surface area contributed by atoms with Gasteiger partial charge in [0.05, 0.1) is 0 Å². The molecule has 0 aromatic carbocycles. The van der Waals surface area contributed by atoms with Crippen molar-refractivity contribution in [3.63, 3.8) is 0 Å². The highest BCUT2D eigenvalue weighted by atomic mass is 16.1. The molecule has 0 radical (unpaired) electrons. The third kappa shape index (κ3) is 2.55. The second-order valence-corrected chi connectivity index (χ2v) is 5.03. The lowest BCUT2D eigenvalue weighted by molar-refractivity contribution is -0.122. The number of allylic oxidation sites excluding steroid dienone is 2. The first-order chi connectivity index (χ1) is 6.97. The quantitative estimate of drug-likeness (QED) is 0.668. The Labute approximate surface area is 91.7 Å². The molecule has 84 valence electrons. The molecule has 1 aliphatic carbocycles. The zero-order chi connectivity index (χ0) is 11.6. The number of hydrogen-bond acceptors (Lipinski definition) is 2. The number of Topliss-reactive ketones (excluding diaryl/α,β-unsaturated/α-hetero) is 1. The number of hydrogen-bond donors (Lipinski definition) is 0. The van der Waals surface area contributed by atoms with Gasteiger partial charge >= 0.3 is 0 Å². The SMILES string of the molecule is CC(C)C1=CC(C=O)CC(C(C)C)C1=O. The largest absolute Gasteiger partial charge is 0.303 e. The number of aldehydes is 1. The molecule has 2 unspecified atom stereocenters. The molecule has 0 saturated heterocycles. The maximum Gasteiger partial charge on any atom is 0.162 e. The van der Waals surface area contributed by atoms with Crippen LogP contribution in [0.25, 0.3) is 0 Å². The molecule has 1 aliphatic rings. The van der Waals surface area contributed by atoms with Gasteiger partial charge in [0, 0.05) is 11.8 Å². The average Bonchev–Trinajstić information content (AvgIpc) is 2.17. The van der Waals surface area contributed by atoms with E-state index >= 15 is 0 Å². The Hall–Kier alpha value is -0.920. The smallest absolute Gasteiger partial charge is 0.162 e. The Bertz CT molecular complexity index is 287. The predicted octanol–water partition coefficient (Wildman–Crippen LogP) is 2.63. The molecular formula is C13H20O2. The summed E-state index contributed by atoms with van der Waals surface area (Å²) in [4.78, 5) is 22.9. The first-order valence-corrected chi connectivity index (χ1v) is 5.68. The van der Waals surface area contributed by atoms with Gasteiger partial charge < -0.3 is 4.79 Å². The lowest BCUT2D eigenvalue weighted by Crippen LogP contribution is -2.31. The van der Waals surface area contributed by atoms with Gasteiger partial charge in [-0.2, -0.15) is 0 Å². The van der Waals surface area contributed by atoms with Gasteiger partial charge in [0.2, 0.25) is 0 Å². The number of carbonyl (C=O) groups excluding carboxylic acids is 2. The van der Waals surface area contributed by atoms with Crippen molar-refractivity contribution in [2.24, 2.45) is 23.7 Å². The van der Waals surface area contributed by atoms with Crippen molar-refractivity contribution in [1.29, 1.82) is 0 Å². The summed E-state index contributed by atoms with van der Waals surface area (Å²) in [7, 11) is 0. The van der Waals surface area contributed by atoms with E-state index in [-0.39, 0.29) is 23.5 Å². The summed E-state index contributed by atoms with van der Waals surface area (Å²) in [6.45, 7) is 8.12. The van der Waals surface area contributed by atoms with Crippen molar-refractivity contribution in [3.05, 3.63) is 11.6 Å². The van der Waals surface area contributed by atoms with Crippen molar-refractivity contribution >= 4 is 12.1 Å². The van der Waals surface area contributed by atoms with Crippen LogP contribution in [0.5, 0.6) is 0 Å². The standard InChI is InChI=1S/C13H20O2/c1-8(2)11-5-10(7-14)6-12(9(3)4)13(11)15/h5,7-10,12H,6H2,1-4H3. The molecule has 2 nitrogen and oxygen atoms in total. The Kier molecular flexibility index (Phi) is 3.83. The minimum absolute atomic E-state index is 0.0302. The van der Waals surface area contributed by atoms with E-state index in [0.29, 0.717) is 12.3 Å². The fourth-order valence-corrected chi connectivity index (χ4v) is 2.14. The van der Waals surface area contributed by atoms with Crippen molar-refractivity contribution in [2.45, 2.75) is 34.1 Å². The third-order valence-corrected chi connectivity index (χ3v) is 3.14. The highest BCUT2D eigenvalue weighted by molar-refractivity contribution is 5.99. The molecule has 0 aliphatic heterocycles. The monoisotopic (exact) mass is 208 g/mol. The second-order valence-electron chi connectivity index (χ2n) is 5.03. The molecule has 0 aromatic rings. The number of carbonyl (C=O) groups is 2. The number of rotatable bonds is 3. The van der Waals surface area contributed by atoms with Crippen LogP contribution in [0, 0.1) is 23.7 Å². The first-order valence-electron chi connectivity index (χ1n) is 5.68. The van der Waals surface area contributed by atoms with Gasteiger partial charge in [-0.3, -0.25) is 4.79 Å². The van der Waals surface area contributed by atoms with E-state index in [4.69, 9.17) is 0 Å². The molecule has 0 bridgehead atoms. The highest BCUT2D eigenvalue weighted by Gasteiger charge is 2.32. The van der Waals surface area contributed by atoms with Crippen LogP contribution in [0.15, 0.2) is 11.6 Å².